The lowest BCUT2D eigenvalue weighted by atomic mass is 10.1. The minimum atomic E-state index is -0.597. The van der Waals surface area contributed by atoms with Gasteiger partial charge in [0.15, 0.2) is 5.69 Å². The first-order chi connectivity index (χ1) is 5.82. The smallest absolute Gasteiger partial charge is 0.271 e. The molecule has 1 rings (SSSR count). The van der Waals surface area contributed by atoms with Crippen molar-refractivity contribution in [1.29, 1.82) is 0 Å². The molecular weight excluding hydrogens is 168 g/mol. The minimum Gasteiger partial charge on any atom is -0.396 e. The lowest BCUT2D eigenvalue weighted by Gasteiger charge is -2.18. The van der Waals surface area contributed by atoms with Gasteiger partial charge >= 0.3 is 0 Å². The second-order valence-corrected chi connectivity index (χ2v) is 3.91. The molecule has 4 N–H and O–H groups in total. The maximum absolute atomic E-state index is 10.8. The summed E-state index contributed by atoms with van der Waals surface area (Å²) in [7, 11) is 0. The highest BCUT2D eigenvalue weighted by Crippen LogP contribution is 2.17. The molecule has 0 spiro atoms. The Morgan fingerprint density at radius 1 is 1.54 bits per heavy atom. The maximum Gasteiger partial charge on any atom is 0.271 e. The summed E-state index contributed by atoms with van der Waals surface area (Å²) in [4.78, 5) is 10.8. The molecule has 5 heteroatoms. The number of carbonyl (C=O) groups excluding carboxylic acids is 1. The summed E-state index contributed by atoms with van der Waals surface area (Å²) >= 11 is 0. The number of primary amides is 1. The molecule has 72 valence electrons. The average Bonchev–Trinajstić information content (AvgIpc) is 2.29. The molecule has 0 aliphatic carbocycles. The zero-order chi connectivity index (χ0) is 10.2. The Hall–Kier alpha value is -1.52. The fraction of sp³-hybridized carbons (Fsp3) is 0.500. The van der Waals surface area contributed by atoms with E-state index in [1.165, 1.54) is 0 Å². The van der Waals surface area contributed by atoms with Gasteiger partial charge in [-0.15, -0.1) is 0 Å². The third-order valence-corrected chi connectivity index (χ3v) is 1.66. The summed E-state index contributed by atoms with van der Waals surface area (Å²) in [5, 5.41) is 4.00. The fourth-order valence-electron chi connectivity index (χ4n) is 0.922. The van der Waals surface area contributed by atoms with Crippen LogP contribution in [0.5, 0.6) is 0 Å². The van der Waals surface area contributed by atoms with Crippen LogP contribution in [0.2, 0.25) is 0 Å². The number of carbonyl (C=O) groups is 1. The highest BCUT2D eigenvalue weighted by Gasteiger charge is 2.18. The van der Waals surface area contributed by atoms with E-state index in [0.29, 0.717) is 5.69 Å². The number of hydrogen-bond acceptors (Lipinski definition) is 3. The molecule has 0 saturated carbocycles. The van der Waals surface area contributed by atoms with Crippen molar-refractivity contribution >= 4 is 11.6 Å². The largest absolute Gasteiger partial charge is 0.396 e. The highest BCUT2D eigenvalue weighted by atomic mass is 16.1. The van der Waals surface area contributed by atoms with Gasteiger partial charge in [0.05, 0.1) is 11.2 Å². The molecule has 5 nitrogen and oxygen atoms in total. The Labute approximate surface area is 76.7 Å². The van der Waals surface area contributed by atoms with Gasteiger partial charge in [-0.3, -0.25) is 9.48 Å². The van der Waals surface area contributed by atoms with Crippen LogP contribution in [0.1, 0.15) is 31.3 Å². The van der Waals surface area contributed by atoms with Gasteiger partial charge in [-0.2, -0.15) is 5.10 Å². The van der Waals surface area contributed by atoms with Crippen LogP contribution >= 0.6 is 0 Å². The highest BCUT2D eigenvalue weighted by molar-refractivity contribution is 5.95. The molecule has 1 amide bonds. The minimum absolute atomic E-state index is 0.134. The van der Waals surface area contributed by atoms with Crippen LogP contribution in [0.4, 0.5) is 5.69 Å². The molecule has 0 bridgehead atoms. The first kappa shape index (κ1) is 9.57. The van der Waals surface area contributed by atoms with E-state index >= 15 is 0 Å². The van der Waals surface area contributed by atoms with Crippen LogP contribution < -0.4 is 11.5 Å². The van der Waals surface area contributed by atoms with E-state index in [4.69, 9.17) is 11.5 Å². The van der Waals surface area contributed by atoms with Crippen molar-refractivity contribution < 1.29 is 4.79 Å². The first-order valence-electron chi connectivity index (χ1n) is 3.98. The monoisotopic (exact) mass is 182 g/mol. The lowest BCUT2D eigenvalue weighted by Crippen LogP contribution is -2.23. The van der Waals surface area contributed by atoms with Crippen LogP contribution in [0.25, 0.3) is 0 Å². The molecule has 0 aliphatic heterocycles. The van der Waals surface area contributed by atoms with Crippen molar-refractivity contribution in [3.63, 3.8) is 0 Å². The topological polar surface area (TPSA) is 86.9 Å². The van der Waals surface area contributed by atoms with E-state index in [2.05, 4.69) is 5.10 Å². The van der Waals surface area contributed by atoms with Gasteiger partial charge in [0.2, 0.25) is 0 Å². The quantitative estimate of drug-likeness (QED) is 0.655. The van der Waals surface area contributed by atoms with Crippen LogP contribution in [0.3, 0.4) is 0 Å². The van der Waals surface area contributed by atoms with Crippen molar-refractivity contribution in [2.45, 2.75) is 26.3 Å². The molecule has 0 atom stereocenters. The van der Waals surface area contributed by atoms with Crippen LogP contribution in [0, 0.1) is 0 Å². The Balaban J connectivity index is 3.17. The number of amides is 1. The number of nitrogens with two attached hydrogens (primary N) is 2. The van der Waals surface area contributed by atoms with E-state index in [1.54, 1.807) is 10.9 Å². The fourth-order valence-corrected chi connectivity index (χ4v) is 0.922. The van der Waals surface area contributed by atoms with Crippen molar-refractivity contribution in [3.05, 3.63) is 11.9 Å². The summed E-state index contributed by atoms with van der Waals surface area (Å²) < 4.78 is 1.63. The molecular formula is C8H14N4O. The van der Waals surface area contributed by atoms with E-state index in [1.807, 2.05) is 20.8 Å². The molecule has 1 aromatic rings. The zero-order valence-corrected chi connectivity index (χ0v) is 8.03. The van der Waals surface area contributed by atoms with Gasteiger partial charge in [-0.25, -0.2) is 0 Å². The van der Waals surface area contributed by atoms with Crippen molar-refractivity contribution in [1.82, 2.24) is 9.78 Å². The Bertz CT molecular complexity index is 334. The predicted octanol–water partition coefficient (Wildman–Crippen LogP) is 0.319. The molecule has 13 heavy (non-hydrogen) atoms. The third kappa shape index (κ3) is 1.80. The summed E-state index contributed by atoms with van der Waals surface area (Å²) in [6, 6.07) is 0. The normalized spacial score (nSPS) is 11.6. The maximum atomic E-state index is 10.8. The molecule has 0 aromatic carbocycles. The second kappa shape index (κ2) is 2.76. The average molecular weight is 182 g/mol. The van der Waals surface area contributed by atoms with E-state index in [0.717, 1.165) is 0 Å². The predicted molar refractivity (Wildman–Crippen MR) is 50.2 cm³/mol. The SMILES string of the molecule is CC(C)(C)n1cc(N)c(C(N)=O)n1. The number of nitrogens with zero attached hydrogens (tertiary/aromatic N) is 2. The number of nitrogen functional groups attached to an aromatic ring is 1. The standard InChI is InChI=1S/C8H14N4O/c1-8(2,3)12-4-5(9)6(11-12)7(10)13/h4H,9H2,1-3H3,(H2,10,13). The Kier molecular flexibility index (Phi) is 2.03. The third-order valence-electron chi connectivity index (χ3n) is 1.66. The summed E-state index contributed by atoms with van der Waals surface area (Å²) in [6.07, 6.45) is 1.61. The zero-order valence-electron chi connectivity index (χ0n) is 8.03. The van der Waals surface area contributed by atoms with E-state index in [-0.39, 0.29) is 11.2 Å². The molecule has 0 fully saturated rings. The lowest BCUT2D eigenvalue weighted by molar-refractivity contribution is 0.0995. The number of anilines is 1. The summed E-state index contributed by atoms with van der Waals surface area (Å²) in [5.41, 5.74) is 10.9. The Morgan fingerprint density at radius 3 is 2.31 bits per heavy atom. The van der Waals surface area contributed by atoms with Crippen LogP contribution in [-0.4, -0.2) is 15.7 Å². The van der Waals surface area contributed by atoms with Gasteiger partial charge in [0.25, 0.3) is 5.91 Å². The molecule has 1 heterocycles. The van der Waals surface area contributed by atoms with Gasteiger partial charge in [-0.05, 0) is 20.8 Å². The summed E-state index contributed by atoms with van der Waals surface area (Å²) in [6.45, 7) is 5.89. The van der Waals surface area contributed by atoms with E-state index in [9.17, 15) is 4.79 Å². The molecule has 1 aromatic heterocycles. The van der Waals surface area contributed by atoms with Gasteiger partial charge < -0.3 is 11.5 Å². The molecule has 0 aliphatic rings. The van der Waals surface area contributed by atoms with Gasteiger partial charge in [0, 0.05) is 6.20 Å². The van der Waals surface area contributed by atoms with Crippen molar-refractivity contribution in [2.24, 2.45) is 5.73 Å². The van der Waals surface area contributed by atoms with Gasteiger partial charge in [0.1, 0.15) is 0 Å². The van der Waals surface area contributed by atoms with Crippen molar-refractivity contribution in [3.8, 4) is 0 Å². The van der Waals surface area contributed by atoms with Gasteiger partial charge in [-0.1, -0.05) is 0 Å². The van der Waals surface area contributed by atoms with Crippen molar-refractivity contribution in [2.75, 3.05) is 5.73 Å². The number of rotatable bonds is 1. The number of hydrogen-bond donors (Lipinski definition) is 2. The molecule has 0 radical (unpaired) electrons. The summed E-state index contributed by atoms with van der Waals surface area (Å²) in [5.74, 6) is -0.597. The molecule has 0 unspecified atom stereocenters. The Morgan fingerprint density at radius 2 is 2.08 bits per heavy atom. The van der Waals surface area contributed by atoms with Crippen LogP contribution in [0.15, 0.2) is 6.20 Å². The first-order valence-corrected chi connectivity index (χ1v) is 3.98. The van der Waals surface area contributed by atoms with Crippen LogP contribution in [-0.2, 0) is 5.54 Å². The molecule has 0 saturated heterocycles. The van der Waals surface area contributed by atoms with E-state index < -0.39 is 5.91 Å². The second-order valence-electron chi connectivity index (χ2n) is 3.91. The number of aromatic nitrogens is 2.